The number of carbonyl (C=O) groups is 1. The van der Waals surface area contributed by atoms with Crippen molar-refractivity contribution in [2.75, 3.05) is 0 Å². The second kappa shape index (κ2) is 6.12. The van der Waals surface area contributed by atoms with Gasteiger partial charge in [-0.2, -0.15) is 4.21 Å². The second-order valence-corrected chi connectivity index (χ2v) is 8.74. The average Bonchev–Trinajstić information content (AvgIpc) is 2.54. The molecule has 0 saturated carbocycles. The monoisotopic (exact) mass is 349 g/mol. The molecule has 0 radical (unpaired) electrons. The Kier molecular flexibility index (Phi) is 4.68. The smallest absolute Gasteiger partial charge is 0.335 e. The van der Waals surface area contributed by atoms with E-state index in [1.165, 1.54) is 24.3 Å². The second-order valence-electron chi connectivity index (χ2n) is 5.87. The number of hydrogen-bond acceptors (Lipinski definition) is 2. The van der Waals surface area contributed by atoms with Gasteiger partial charge in [0.15, 0.2) is 0 Å². The molecule has 0 heterocycles. The molecule has 24 heavy (non-hydrogen) atoms. The van der Waals surface area contributed by atoms with Crippen LogP contribution in [0.1, 0.15) is 40.9 Å². The molecule has 2 aromatic carbocycles. The van der Waals surface area contributed by atoms with Gasteiger partial charge in [0.1, 0.15) is 0 Å². The van der Waals surface area contributed by atoms with Gasteiger partial charge in [-0.25, -0.2) is 9.93 Å². The molecule has 0 amide bonds. The topological polar surface area (TPSA) is 101 Å². The van der Waals surface area contributed by atoms with Crippen LogP contribution in [0.4, 0.5) is 0 Å². The first kappa shape index (κ1) is 18.3. The molecule has 0 aliphatic rings. The lowest BCUT2D eigenvalue weighted by Gasteiger charge is -2.39. The van der Waals surface area contributed by atoms with Gasteiger partial charge >= 0.3 is 5.97 Å². The quantitative estimate of drug-likeness (QED) is 0.770. The SMILES string of the molecule is CCc1cc(S(N)(=O)(O)c2ccc(C(=O)O)cc2)cc(CC)c1C. The summed E-state index contributed by atoms with van der Waals surface area (Å²) >= 11 is 0. The molecule has 6 heteroatoms. The van der Waals surface area contributed by atoms with E-state index in [4.69, 9.17) is 10.2 Å². The fourth-order valence-corrected chi connectivity index (χ4v) is 4.44. The molecule has 5 nitrogen and oxygen atoms in total. The number of benzene rings is 2. The summed E-state index contributed by atoms with van der Waals surface area (Å²) < 4.78 is 24.2. The molecule has 2 rings (SSSR count). The van der Waals surface area contributed by atoms with Gasteiger partial charge in [0.25, 0.3) is 0 Å². The molecule has 0 aliphatic carbocycles. The zero-order valence-corrected chi connectivity index (χ0v) is 14.9. The van der Waals surface area contributed by atoms with Gasteiger partial charge in [-0.15, -0.1) is 0 Å². The first-order valence-corrected chi connectivity index (χ1v) is 9.75. The molecule has 0 atom stereocenters. The van der Waals surface area contributed by atoms with Gasteiger partial charge in [0, 0.05) is 0 Å². The van der Waals surface area contributed by atoms with Gasteiger partial charge in [-0.3, -0.25) is 4.55 Å². The maximum atomic E-state index is 13.3. The van der Waals surface area contributed by atoms with E-state index < -0.39 is 15.5 Å². The molecule has 0 fully saturated rings. The maximum absolute atomic E-state index is 13.3. The highest BCUT2D eigenvalue weighted by atomic mass is 32.3. The number of rotatable bonds is 5. The van der Waals surface area contributed by atoms with Crippen LogP contribution in [0.2, 0.25) is 0 Å². The van der Waals surface area contributed by atoms with Gasteiger partial charge in [0.05, 0.1) is 15.4 Å². The first-order valence-electron chi connectivity index (χ1n) is 7.77. The zero-order chi connectivity index (χ0) is 18.1. The molecule has 0 saturated heterocycles. The molecular formula is C18H23NO4S. The minimum Gasteiger partial charge on any atom is -0.478 e. The van der Waals surface area contributed by atoms with Crippen molar-refractivity contribution >= 4 is 15.5 Å². The Morgan fingerprint density at radius 2 is 1.50 bits per heavy atom. The lowest BCUT2D eigenvalue weighted by atomic mass is 9.99. The number of carboxylic acids is 1. The summed E-state index contributed by atoms with van der Waals surface area (Å²) in [4.78, 5) is 11.1. The Balaban J connectivity index is 2.67. The van der Waals surface area contributed by atoms with Crippen molar-refractivity contribution in [1.29, 1.82) is 0 Å². The van der Waals surface area contributed by atoms with E-state index in [-0.39, 0.29) is 15.4 Å². The molecule has 0 spiro atoms. The summed E-state index contributed by atoms with van der Waals surface area (Å²) in [5.41, 5.74) is 3.09. The fraction of sp³-hybridized carbons (Fsp3) is 0.278. The number of carboxylic acid groups (broad SMARTS) is 1. The first-order chi connectivity index (χ1) is 11.1. The van der Waals surface area contributed by atoms with E-state index in [1.807, 2.05) is 20.8 Å². The van der Waals surface area contributed by atoms with Crippen molar-refractivity contribution in [1.82, 2.24) is 0 Å². The molecule has 0 aromatic heterocycles. The number of aryl methyl sites for hydroxylation is 2. The van der Waals surface area contributed by atoms with E-state index in [0.29, 0.717) is 0 Å². The van der Waals surface area contributed by atoms with Crippen LogP contribution >= 0.6 is 0 Å². The lowest BCUT2D eigenvalue weighted by Crippen LogP contribution is -2.42. The summed E-state index contributed by atoms with van der Waals surface area (Å²) in [6, 6.07) is 8.52. The van der Waals surface area contributed by atoms with Gasteiger partial charge in [-0.1, -0.05) is 23.4 Å². The van der Waals surface area contributed by atoms with Crippen LogP contribution in [0.15, 0.2) is 46.2 Å². The molecular weight excluding hydrogens is 326 g/mol. The highest BCUT2D eigenvalue weighted by Crippen LogP contribution is 2.37. The summed E-state index contributed by atoms with van der Waals surface area (Å²) in [5.74, 6) is -1.10. The molecule has 0 unspecified atom stereocenters. The van der Waals surface area contributed by atoms with Gasteiger partial charge in [0.2, 0.25) is 0 Å². The van der Waals surface area contributed by atoms with Crippen molar-refractivity contribution in [3.8, 4) is 0 Å². The van der Waals surface area contributed by atoms with Crippen molar-refractivity contribution in [3.05, 3.63) is 58.7 Å². The molecule has 4 N–H and O–H groups in total. The number of aromatic carboxylic acids is 1. The zero-order valence-electron chi connectivity index (χ0n) is 14.1. The van der Waals surface area contributed by atoms with E-state index in [2.05, 4.69) is 0 Å². The number of hydrogen-bond donors (Lipinski definition) is 3. The van der Waals surface area contributed by atoms with Crippen LogP contribution in [0.25, 0.3) is 0 Å². The molecule has 130 valence electrons. The van der Waals surface area contributed by atoms with E-state index in [0.717, 1.165) is 29.5 Å². The Morgan fingerprint density at radius 3 is 1.88 bits per heavy atom. The molecule has 0 bridgehead atoms. The molecule has 2 aromatic rings. The van der Waals surface area contributed by atoms with Crippen LogP contribution in [0.5, 0.6) is 0 Å². The van der Waals surface area contributed by atoms with Crippen molar-refractivity contribution < 1.29 is 18.7 Å². The third-order valence-corrected chi connectivity index (χ3v) is 6.70. The Hall–Kier alpha value is -2.02. The Bertz CT molecular complexity index is 825. The Morgan fingerprint density at radius 1 is 1.04 bits per heavy atom. The highest BCUT2D eigenvalue weighted by molar-refractivity contribution is 8.13. The highest BCUT2D eigenvalue weighted by Gasteiger charge is 2.29. The van der Waals surface area contributed by atoms with Crippen molar-refractivity contribution in [2.24, 2.45) is 5.14 Å². The standard InChI is InChI=1S/C18H23NO4S/c1-4-13-10-17(11-14(5-2)12(13)3)24(19,22,23)16-8-6-15(7-9-16)18(20)21/h6-11H,4-5H2,1-3H3,(H,20,21)(H3,19,22,23). The average molecular weight is 349 g/mol. The summed E-state index contributed by atoms with van der Waals surface area (Å²) in [6.07, 6.45) is 1.46. The largest absolute Gasteiger partial charge is 0.478 e. The van der Waals surface area contributed by atoms with Crippen LogP contribution in [0.3, 0.4) is 0 Å². The Labute approximate surface area is 141 Å². The predicted octanol–water partition coefficient (Wildman–Crippen LogP) is 3.40. The van der Waals surface area contributed by atoms with E-state index in [9.17, 15) is 13.6 Å². The van der Waals surface area contributed by atoms with Crippen LogP contribution in [0, 0.1) is 6.92 Å². The van der Waals surface area contributed by atoms with Crippen LogP contribution in [-0.2, 0) is 22.4 Å². The molecule has 0 aliphatic heterocycles. The summed E-state index contributed by atoms with van der Waals surface area (Å²) in [7, 11) is -4.77. The van der Waals surface area contributed by atoms with E-state index in [1.54, 1.807) is 12.1 Å². The summed E-state index contributed by atoms with van der Waals surface area (Å²) in [5, 5.41) is 15.0. The van der Waals surface area contributed by atoms with Crippen LogP contribution < -0.4 is 5.14 Å². The van der Waals surface area contributed by atoms with Crippen molar-refractivity contribution in [2.45, 2.75) is 43.4 Å². The van der Waals surface area contributed by atoms with Gasteiger partial charge < -0.3 is 5.11 Å². The normalized spacial score (nSPS) is 13.3. The third kappa shape index (κ3) is 3.13. The van der Waals surface area contributed by atoms with Gasteiger partial charge in [-0.05, 0) is 72.9 Å². The number of nitrogens with two attached hydrogens (primary N) is 1. The van der Waals surface area contributed by atoms with Crippen LogP contribution in [-0.4, -0.2) is 19.8 Å². The summed E-state index contributed by atoms with van der Waals surface area (Å²) in [6.45, 7) is 5.96. The third-order valence-electron chi connectivity index (χ3n) is 4.37. The van der Waals surface area contributed by atoms with E-state index >= 15 is 0 Å². The lowest BCUT2D eigenvalue weighted by molar-refractivity contribution is 0.0696. The minimum absolute atomic E-state index is 0.00459. The predicted molar refractivity (Wildman–Crippen MR) is 94.8 cm³/mol. The maximum Gasteiger partial charge on any atom is 0.335 e. The minimum atomic E-state index is -4.77. The fourth-order valence-electron chi connectivity index (χ4n) is 2.77. The van der Waals surface area contributed by atoms with Crippen molar-refractivity contribution in [3.63, 3.8) is 0 Å².